The molecule has 1 amide bonds. The molecule has 2 unspecified atom stereocenters. The third kappa shape index (κ3) is 5.79. The fourth-order valence-electron chi connectivity index (χ4n) is 3.89. The molecule has 2 atom stereocenters. The van der Waals surface area contributed by atoms with E-state index in [1.165, 1.54) is 5.56 Å². The predicted molar refractivity (Wildman–Crippen MR) is 118 cm³/mol. The van der Waals surface area contributed by atoms with Crippen LogP contribution < -0.4 is 0 Å². The summed E-state index contributed by atoms with van der Waals surface area (Å²) in [5, 5.41) is 8.95. The number of nitriles is 1. The Bertz CT molecular complexity index is 889. The summed E-state index contributed by atoms with van der Waals surface area (Å²) in [6.45, 7) is 11.6. The van der Waals surface area contributed by atoms with Crippen molar-refractivity contribution in [1.29, 1.82) is 5.26 Å². The van der Waals surface area contributed by atoms with E-state index in [9.17, 15) is 4.79 Å². The van der Waals surface area contributed by atoms with Gasteiger partial charge in [0.25, 0.3) is 5.91 Å². The van der Waals surface area contributed by atoms with Crippen molar-refractivity contribution in [3.63, 3.8) is 0 Å². The monoisotopic (exact) mass is 403 g/mol. The van der Waals surface area contributed by atoms with E-state index in [2.05, 4.69) is 31.4 Å². The number of benzene rings is 2. The molecule has 5 heteroatoms. The molecule has 1 saturated heterocycles. The Kier molecular flexibility index (Phi) is 7.40. The summed E-state index contributed by atoms with van der Waals surface area (Å²) in [4.78, 5) is 17.2. The number of morpholine rings is 1. The summed E-state index contributed by atoms with van der Waals surface area (Å²) in [5.41, 5.74) is 3.45. The van der Waals surface area contributed by atoms with Crippen LogP contribution in [0.15, 0.2) is 61.2 Å². The summed E-state index contributed by atoms with van der Waals surface area (Å²) in [6.07, 6.45) is 2.21. The van der Waals surface area contributed by atoms with Crippen LogP contribution in [-0.4, -0.2) is 47.5 Å². The minimum atomic E-state index is -0.0283. The maximum absolute atomic E-state index is 13.0. The predicted octanol–water partition coefficient (Wildman–Crippen LogP) is 4.00. The SMILES string of the molecule is C=CCN(Cc1ccc(C#N)cc1)C(=O)c1ccc(CN2CC(C)OC(C)C2)cc1. The second-order valence-electron chi connectivity index (χ2n) is 7.93. The molecule has 0 radical (unpaired) electrons. The molecule has 3 rings (SSSR count). The first-order valence-electron chi connectivity index (χ1n) is 10.3. The van der Waals surface area contributed by atoms with Crippen LogP contribution in [0.2, 0.25) is 0 Å². The quantitative estimate of drug-likeness (QED) is 0.656. The van der Waals surface area contributed by atoms with E-state index in [-0.39, 0.29) is 18.1 Å². The molecule has 156 valence electrons. The molecule has 0 aromatic heterocycles. The normalized spacial score (nSPS) is 19.1. The van der Waals surface area contributed by atoms with Gasteiger partial charge in [0.1, 0.15) is 0 Å². The third-order valence-corrected chi connectivity index (χ3v) is 5.20. The molecule has 1 fully saturated rings. The molecule has 5 nitrogen and oxygen atoms in total. The lowest BCUT2D eigenvalue weighted by molar-refractivity contribution is -0.0704. The Morgan fingerprint density at radius 2 is 1.73 bits per heavy atom. The van der Waals surface area contributed by atoms with Crippen LogP contribution in [0.25, 0.3) is 0 Å². The lowest BCUT2D eigenvalue weighted by Gasteiger charge is -2.35. The molecular weight excluding hydrogens is 374 g/mol. The largest absolute Gasteiger partial charge is 0.373 e. The number of nitrogens with zero attached hydrogens (tertiary/aromatic N) is 3. The first kappa shape index (κ1) is 21.8. The minimum absolute atomic E-state index is 0.0283. The molecule has 0 spiro atoms. The lowest BCUT2D eigenvalue weighted by atomic mass is 10.1. The highest BCUT2D eigenvalue weighted by Crippen LogP contribution is 2.16. The van der Waals surface area contributed by atoms with Crippen LogP contribution in [0.1, 0.15) is 40.9 Å². The standard InChI is InChI=1S/C25H29N3O2/c1-4-13-28(18-23-7-5-21(14-26)6-8-23)25(29)24-11-9-22(10-12-24)17-27-15-19(2)30-20(3)16-27/h4-12,19-20H,1,13,15-18H2,2-3H3. The molecule has 0 bridgehead atoms. The lowest BCUT2D eigenvalue weighted by Crippen LogP contribution is -2.44. The van der Waals surface area contributed by atoms with Gasteiger partial charge < -0.3 is 9.64 Å². The van der Waals surface area contributed by atoms with E-state index in [4.69, 9.17) is 10.00 Å². The fourth-order valence-corrected chi connectivity index (χ4v) is 3.89. The summed E-state index contributed by atoms with van der Waals surface area (Å²) >= 11 is 0. The molecule has 0 N–H and O–H groups in total. The topological polar surface area (TPSA) is 56.6 Å². The van der Waals surface area contributed by atoms with Crippen molar-refractivity contribution in [1.82, 2.24) is 9.80 Å². The molecule has 0 aliphatic carbocycles. The molecule has 0 saturated carbocycles. The van der Waals surface area contributed by atoms with E-state index in [1.807, 2.05) is 36.4 Å². The van der Waals surface area contributed by atoms with Gasteiger partial charge in [0, 0.05) is 38.3 Å². The van der Waals surface area contributed by atoms with Gasteiger partial charge in [-0.1, -0.05) is 30.3 Å². The number of hydrogen-bond donors (Lipinski definition) is 0. The zero-order chi connectivity index (χ0) is 21.5. The van der Waals surface area contributed by atoms with Crippen molar-refractivity contribution in [2.75, 3.05) is 19.6 Å². The van der Waals surface area contributed by atoms with Gasteiger partial charge in [-0.2, -0.15) is 5.26 Å². The summed E-state index contributed by atoms with van der Waals surface area (Å²) in [7, 11) is 0. The van der Waals surface area contributed by atoms with Gasteiger partial charge in [-0.25, -0.2) is 0 Å². The smallest absolute Gasteiger partial charge is 0.254 e. The van der Waals surface area contributed by atoms with Gasteiger partial charge in [0.05, 0.1) is 23.8 Å². The van der Waals surface area contributed by atoms with Gasteiger partial charge >= 0.3 is 0 Å². The average Bonchev–Trinajstić information content (AvgIpc) is 2.73. The molecule has 1 heterocycles. The second-order valence-corrected chi connectivity index (χ2v) is 7.93. The first-order chi connectivity index (χ1) is 14.5. The maximum atomic E-state index is 13.0. The van der Waals surface area contributed by atoms with Gasteiger partial charge in [0.2, 0.25) is 0 Å². The Hall–Kier alpha value is -2.94. The molecule has 2 aromatic carbocycles. The Balaban J connectivity index is 1.66. The van der Waals surface area contributed by atoms with Crippen molar-refractivity contribution >= 4 is 5.91 Å². The van der Waals surface area contributed by atoms with Gasteiger partial charge in [0.15, 0.2) is 0 Å². The van der Waals surface area contributed by atoms with Crippen molar-refractivity contribution in [2.45, 2.75) is 39.1 Å². The van der Waals surface area contributed by atoms with E-state index in [1.54, 1.807) is 23.1 Å². The maximum Gasteiger partial charge on any atom is 0.254 e. The van der Waals surface area contributed by atoms with Crippen LogP contribution in [0.4, 0.5) is 0 Å². The number of hydrogen-bond acceptors (Lipinski definition) is 4. The second kappa shape index (κ2) is 10.2. The number of carbonyl (C=O) groups excluding carboxylic acids is 1. The van der Waals surface area contributed by atoms with E-state index >= 15 is 0 Å². The first-order valence-corrected chi connectivity index (χ1v) is 10.3. The van der Waals surface area contributed by atoms with E-state index in [0.29, 0.717) is 24.2 Å². The number of rotatable bonds is 7. The molecule has 2 aromatic rings. The molecule has 1 aliphatic heterocycles. The third-order valence-electron chi connectivity index (χ3n) is 5.20. The Labute approximate surface area is 179 Å². The highest BCUT2D eigenvalue weighted by atomic mass is 16.5. The van der Waals surface area contributed by atoms with Gasteiger partial charge in [-0.15, -0.1) is 6.58 Å². The Morgan fingerprint density at radius 3 is 2.30 bits per heavy atom. The van der Waals surface area contributed by atoms with E-state index in [0.717, 1.165) is 25.2 Å². The number of amides is 1. The zero-order valence-corrected chi connectivity index (χ0v) is 17.8. The van der Waals surface area contributed by atoms with Crippen molar-refractivity contribution in [3.05, 3.63) is 83.4 Å². The molecule has 30 heavy (non-hydrogen) atoms. The number of carbonyl (C=O) groups is 1. The molecule has 1 aliphatic rings. The Morgan fingerprint density at radius 1 is 1.13 bits per heavy atom. The minimum Gasteiger partial charge on any atom is -0.373 e. The highest BCUT2D eigenvalue weighted by molar-refractivity contribution is 5.94. The summed E-state index contributed by atoms with van der Waals surface area (Å²) < 4.78 is 5.80. The highest BCUT2D eigenvalue weighted by Gasteiger charge is 2.22. The van der Waals surface area contributed by atoms with Crippen molar-refractivity contribution in [2.24, 2.45) is 0 Å². The van der Waals surface area contributed by atoms with Crippen LogP contribution in [0.5, 0.6) is 0 Å². The number of ether oxygens (including phenoxy) is 1. The van der Waals surface area contributed by atoms with Gasteiger partial charge in [-0.3, -0.25) is 9.69 Å². The average molecular weight is 404 g/mol. The fraction of sp³-hybridized carbons (Fsp3) is 0.360. The van der Waals surface area contributed by atoms with Crippen LogP contribution in [-0.2, 0) is 17.8 Å². The van der Waals surface area contributed by atoms with E-state index < -0.39 is 0 Å². The molecular formula is C25H29N3O2. The van der Waals surface area contributed by atoms with Crippen LogP contribution in [0, 0.1) is 11.3 Å². The van der Waals surface area contributed by atoms with Crippen molar-refractivity contribution < 1.29 is 9.53 Å². The van der Waals surface area contributed by atoms with Gasteiger partial charge in [-0.05, 0) is 49.2 Å². The zero-order valence-electron chi connectivity index (χ0n) is 17.8. The summed E-state index contributed by atoms with van der Waals surface area (Å²) in [6, 6.07) is 17.3. The van der Waals surface area contributed by atoms with Crippen LogP contribution in [0.3, 0.4) is 0 Å². The van der Waals surface area contributed by atoms with Crippen molar-refractivity contribution in [3.8, 4) is 6.07 Å². The summed E-state index contributed by atoms with van der Waals surface area (Å²) in [5.74, 6) is -0.0283. The van der Waals surface area contributed by atoms with Crippen LogP contribution >= 0.6 is 0 Å².